The summed E-state index contributed by atoms with van der Waals surface area (Å²) in [6, 6.07) is 7.55. The summed E-state index contributed by atoms with van der Waals surface area (Å²) >= 11 is 0. The Labute approximate surface area is 144 Å². The van der Waals surface area contributed by atoms with Crippen LogP contribution in [0, 0.1) is 6.92 Å². The van der Waals surface area contributed by atoms with Gasteiger partial charge < -0.3 is 20.4 Å². The zero-order chi connectivity index (χ0) is 18.4. The van der Waals surface area contributed by atoms with Crippen LogP contribution in [-0.4, -0.2) is 63.4 Å². The van der Waals surface area contributed by atoms with Crippen molar-refractivity contribution in [1.29, 1.82) is 0 Å². The van der Waals surface area contributed by atoms with Crippen LogP contribution in [-0.2, 0) is 4.79 Å². The van der Waals surface area contributed by atoms with E-state index in [9.17, 15) is 20.1 Å². The van der Waals surface area contributed by atoms with Crippen LogP contribution in [0.25, 0.3) is 6.08 Å². The minimum atomic E-state index is -1.59. The van der Waals surface area contributed by atoms with Gasteiger partial charge in [0.05, 0.1) is 12.8 Å². The SMILES string of the molecule is Cc1ccc(/C=C2/N=C(NN=CC(O)C(O)C(O)CO)NC2=O)cc1. The summed E-state index contributed by atoms with van der Waals surface area (Å²) in [7, 11) is 0. The van der Waals surface area contributed by atoms with E-state index in [1.165, 1.54) is 0 Å². The van der Waals surface area contributed by atoms with Gasteiger partial charge in [0.25, 0.3) is 5.91 Å². The molecule has 0 spiro atoms. The number of nitrogens with zero attached hydrogens (tertiary/aromatic N) is 2. The summed E-state index contributed by atoms with van der Waals surface area (Å²) in [5.74, 6) is -0.349. The third-order valence-electron chi connectivity index (χ3n) is 3.41. The number of benzene rings is 1. The molecule has 0 aliphatic carbocycles. The fraction of sp³-hybridized carbons (Fsp3) is 0.312. The van der Waals surface area contributed by atoms with E-state index in [0.717, 1.165) is 17.3 Å². The molecule has 0 radical (unpaired) electrons. The molecule has 0 saturated heterocycles. The van der Waals surface area contributed by atoms with Crippen LogP contribution in [0.1, 0.15) is 11.1 Å². The summed E-state index contributed by atoms with van der Waals surface area (Å²) in [4.78, 5) is 15.9. The van der Waals surface area contributed by atoms with Gasteiger partial charge in [0.1, 0.15) is 24.0 Å². The summed E-state index contributed by atoms with van der Waals surface area (Å²) in [6.45, 7) is 1.26. The molecule has 9 nitrogen and oxygen atoms in total. The number of carbonyl (C=O) groups is 1. The average Bonchev–Trinajstić information content (AvgIpc) is 2.94. The Bertz CT molecular complexity index is 699. The number of guanidine groups is 1. The molecule has 25 heavy (non-hydrogen) atoms. The first-order chi connectivity index (χ1) is 11.9. The van der Waals surface area contributed by atoms with Gasteiger partial charge in [-0.2, -0.15) is 5.10 Å². The van der Waals surface area contributed by atoms with E-state index < -0.39 is 30.8 Å². The van der Waals surface area contributed by atoms with E-state index in [2.05, 4.69) is 20.8 Å². The summed E-state index contributed by atoms with van der Waals surface area (Å²) in [5.41, 5.74) is 4.53. The molecule has 134 valence electrons. The van der Waals surface area contributed by atoms with Crippen LogP contribution in [0.2, 0.25) is 0 Å². The maximum absolute atomic E-state index is 11.9. The fourth-order valence-electron chi connectivity index (χ4n) is 1.94. The second-order valence-electron chi connectivity index (χ2n) is 5.48. The van der Waals surface area contributed by atoms with E-state index in [0.29, 0.717) is 0 Å². The van der Waals surface area contributed by atoms with E-state index in [-0.39, 0.29) is 11.7 Å². The van der Waals surface area contributed by atoms with Crippen molar-refractivity contribution < 1.29 is 25.2 Å². The lowest BCUT2D eigenvalue weighted by Gasteiger charge is -2.17. The normalized spacial score (nSPS) is 19.6. The molecule has 0 saturated carbocycles. The van der Waals surface area contributed by atoms with Crippen LogP contribution in [0.4, 0.5) is 0 Å². The van der Waals surface area contributed by atoms with Crippen molar-refractivity contribution in [3.63, 3.8) is 0 Å². The summed E-state index contributed by atoms with van der Waals surface area (Å²) in [6.07, 6.45) is -2.06. The smallest absolute Gasteiger partial charge is 0.276 e. The van der Waals surface area contributed by atoms with Crippen LogP contribution in [0.15, 0.2) is 40.1 Å². The number of amides is 1. The largest absolute Gasteiger partial charge is 0.394 e. The molecule has 1 heterocycles. The van der Waals surface area contributed by atoms with Crippen molar-refractivity contribution in [3.05, 3.63) is 41.1 Å². The van der Waals surface area contributed by atoms with Gasteiger partial charge in [-0.05, 0) is 18.6 Å². The molecule has 1 aliphatic rings. The molecule has 9 heteroatoms. The number of hydrogen-bond acceptors (Lipinski definition) is 8. The monoisotopic (exact) mass is 348 g/mol. The number of aliphatic imine (C=N–C) groups is 1. The molecule has 3 atom stereocenters. The van der Waals surface area contributed by atoms with Crippen LogP contribution in [0.3, 0.4) is 0 Å². The third kappa shape index (κ3) is 5.19. The molecular weight excluding hydrogens is 328 g/mol. The lowest BCUT2D eigenvalue weighted by Crippen LogP contribution is -2.41. The minimum Gasteiger partial charge on any atom is -0.394 e. The fourth-order valence-corrected chi connectivity index (χ4v) is 1.94. The molecule has 1 aromatic carbocycles. The number of nitrogens with one attached hydrogen (secondary N) is 2. The van der Waals surface area contributed by atoms with Crippen molar-refractivity contribution in [2.75, 3.05) is 6.61 Å². The van der Waals surface area contributed by atoms with Gasteiger partial charge in [0, 0.05) is 0 Å². The zero-order valence-electron chi connectivity index (χ0n) is 13.5. The number of aliphatic hydroxyl groups excluding tert-OH is 4. The maximum Gasteiger partial charge on any atom is 0.276 e. The van der Waals surface area contributed by atoms with Crippen molar-refractivity contribution in [3.8, 4) is 0 Å². The van der Waals surface area contributed by atoms with E-state index in [1.807, 2.05) is 31.2 Å². The lowest BCUT2D eigenvalue weighted by molar-refractivity contribution is -0.115. The van der Waals surface area contributed by atoms with Crippen molar-refractivity contribution >= 4 is 24.2 Å². The van der Waals surface area contributed by atoms with Gasteiger partial charge in [-0.25, -0.2) is 10.4 Å². The molecule has 0 bridgehead atoms. The van der Waals surface area contributed by atoms with Gasteiger partial charge in [-0.1, -0.05) is 29.8 Å². The third-order valence-corrected chi connectivity index (χ3v) is 3.41. The molecule has 6 N–H and O–H groups in total. The number of aryl methyl sites for hydroxylation is 1. The number of hydrogen-bond donors (Lipinski definition) is 6. The summed E-state index contributed by atoms with van der Waals surface area (Å²) < 4.78 is 0. The van der Waals surface area contributed by atoms with Crippen LogP contribution in [0.5, 0.6) is 0 Å². The Balaban J connectivity index is 1.98. The highest BCUT2D eigenvalue weighted by molar-refractivity contribution is 6.13. The van der Waals surface area contributed by atoms with Gasteiger partial charge in [-0.15, -0.1) is 0 Å². The predicted octanol–water partition coefficient (Wildman–Crippen LogP) is -1.53. The van der Waals surface area contributed by atoms with E-state index in [1.54, 1.807) is 6.08 Å². The second-order valence-corrected chi connectivity index (χ2v) is 5.48. The quantitative estimate of drug-likeness (QED) is 0.209. The molecule has 1 aromatic rings. The first kappa shape index (κ1) is 18.7. The summed E-state index contributed by atoms with van der Waals surface area (Å²) in [5, 5.41) is 43.0. The van der Waals surface area contributed by atoms with E-state index in [4.69, 9.17) is 5.11 Å². The Morgan fingerprint density at radius 2 is 1.96 bits per heavy atom. The van der Waals surface area contributed by atoms with Crippen molar-refractivity contribution in [2.45, 2.75) is 25.2 Å². The molecule has 1 amide bonds. The van der Waals surface area contributed by atoms with E-state index >= 15 is 0 Å². The number of hydrazone groups is 1. The molecule has 2 rings (SSSR count). The molecule has 3 unspecified atom stereocenters. The van der Waals surface area contributed by atoms with Gasteiger partial charge in [-0.3, -0.25) is 10.1 Å². The number of aliphatic hydroxyl groups is 4. The average molecular weight is 348 g/mol. The first-order valence-corrected chi connectivity index (χ1v) is 7.53. The molecular formula is C16H20N4O5. The van der Waals surface area contributed by atoms with Crippen molar-refractivity contribution in [2.24, 2.45) is 10.1 Å². The standard InChI is InChI=1S/C16H20N4O5/c1-9-2-4-10(5-3-9)6-11-15(25)19-16(18-11)20-17-7-12(22)14(24)13(23)8-21/h2-7,12-14,21-24H,8H2,1H3,(H2,18,19,20,25)/b11-6+,17-7?. The highest BCUT2D eigenvalue weighted by Crippen LogP contribution is 2.12. The molecule has 0 aromatic heterocycles. The van der Waals surface area contributed by atoms with Crippen molar-refractivity contribution in [1.82, 2.24) is 10.7 Å². The lowest BCUT2D eigenvalue weighted by atomic mass is 10.1. The predicted molar refractivity (Wildman–Crippen MR) is 91.5 cm³/mol. The Kier molecular flexibility index (Phi) is 6.37. The number of carbonyl (C=O) groups excluding carboxylic acids is 1. The Morgan fingerprint density at radius 3 is 2.60 bits per heavy atom. The number of rotatable bonds is 6. The maximum atomic E-state index is 11.9. The van der Waals surface area contributed by atoms with Gasteiger partial charge in [0.15, 0.2) is 0 Å². The first-order valence-electron chi connectivity index (χ1n) is 7.53. The van der Waals surface area contributed by atoms with Gasteiger partial charge in [0.2, 0.25) is 5.96 Å². The molecule has 1 aliphatic heterocycles. The topological polar surface area (TPSA) is 147 Å². The Hall–Kier alpha value is -2.59. The van der Waals surface area contributed by atoms with Gasteiger partial charge >= 0.3 is 0 Å². The highest BCUT2D eigenvalue weighted by atomic mass is 16.4. The van der Waals surface area contributed by atoms with Crippen LogP contribution >= 0.6 is 0 Å². The Morgan fingerprint density at radius 1 is 1.28 bits per heavy atom. The highest BCUT2D eigenvalue weighted by Gasteiger charge is 2.23. The van der Waals surface area contributed by atoms with Crippen LogP contribution < -0.4 is 10.7 Å². The second kappa shape index (κ2) is 8.49. The zero-order valence-corrected chi connectivity index (χ0v) is 13.5. The minimum absolute atomic E-state index is 0.0593. The molecule has 0 fully saturated rings.